The van der Waals surface area contributed by atoms with E-state index in [1.807, 2.05) is 55.7 Å². The number of benzene rings is 2. The first-order valence-corrected chi connectivity index (χ1v) is 8.93. The molecule has 2 aromatic carbocycles. The van der Waals surface area contributed by atoms with Gasteiger partial charge in [-0.1, -0.05) is 29.8 Å². The van der Waals surface area contributed by atoms with E-state index in [0.29, 0.717) is 17.7 Å². The Morgan fingerprint density at radius 1 is 1.12 bits per heavy atom. The first-order valence-electron chi connectivity index (χ1n) is 8.53. The number of hydrogen-bond donors (Lipinski definition) is 2. The summed E-state index contributed by atoms with van der Waals surface area (Å²) in [7, 11) is 0. The summed E-state index contributed by atoms with van der Waals surface area (Å²) in [6.45, 7) is 6.53. The molecule has 0 aliphatic rings. The lowest BCUT2D eigenvalue weighted by molar-refractivity contribution is -0.116. The van der Waals surface area contributed by atoms with Crippen molar-refractivity contribution in [3.8, 4) is 11.4 Å². The fraction of sp³-hybridized carbons (Fsp3) is 0.250. The third-order valence-electron chi connectivity index (χ3n) is 4.10. The van der Waals surface area contributed by atoms with Crippen molar-refractivity contribution in [1.82, 2.24) is 14.8 Å². The summed E-state index contributed by atoms with van der Waals surface area (Å²) in [5.41, 5.74) is 5.20. The van der Waals surface area contributed by atoms with Gasteiger partial charge in [0.2, 0.25) is 5.91 Å². The van der Waals surface area contributed by atoms with Gasteiger partial charge >= 0.3 is 0 Å². The number of anilines is 1. The Balaban J connectivity index is 1.73. The Morgan fingerprint density at radius 3 is 2.54 bits per heavy atom. The number of H-pyrrole nitrogens is 1. The maximum Gasteiger partial charge on any atom is 0.226 e. The minimum Gasteiger partial charge on any atom is -0.326 e. The molecule has 0 saturated carbocycles. The molecule has 5 nitrogen and oxygen atoms in total. The van der Waals surface area contributed by atoms with Crippen molar-refractivity contribution in [3.05, 3.63) is 63.9 Å². The van der Waals surface area contributed by atoms with Crippen molar-refractivity contribution in [2.45, 2.75) is 33.7 Å². The van der Waals surface area contributed by atoms with Gasteiger partial charge in [0, 0.05) is 24.2 Å². The van der Waals surface area contributed by atoms with Crippen LogP contribution < -0.4 is 5.32 Å². The molecule has 0 spiro atoms. The number of aromatic nitrogens is 3. The van der Waals surface area contributed by atoms with Crippen LogP contribution in [0, 0.1) is 25.5 Å². The molecule has 6 heteroatoms. The molecule has 1 amide bonds. The van der Waals surface area contributed by atoms with E-state index < -0.39 is 0 Å². The summed E-state index contributed by atoms with van der Waals surface area (Å²) in [5, 5.41) is 10.1. The Kier molecular flexibility index (Phi) is 5.32. The Hall–Kier alpha value is -2.73. The molecule has 3 rings (SSSR count). The molecule has 2 N–H and O–H groups in total. The second kappa shape index (κ2) is 7.66. The largest absolute Gasteiger partial charge is 0.326 e. The highest BCUT2D eigenvalue weighted by Gasteiger charge is 2.11. The van der Waals surface area contributed by atoms with Gasteiger partial charge in [0.05, 0.1) is 0 Å². The van der Waals surface area contributed by atoms with Gasteiger partial charge in [0.1, 0.15) is 0 Å². The minimum atomic E-state index is -0.0479. The van der Waals surface area contributed by atoms with Gasteiger partial charge in [0.15, 0.2) is 10.6 Å². The topological polar surface area (TPSA) is 62.7 Å². The number of hydrogen-bond acceptors (Lipinski definition) is 3. The molecular formula is C20H22N4OS. The number of nitrogens with one attached hydrogen (secondary N) is 2. The van der Waals surface area contributed by atoms with E-state index >= 15 is 0 Å². The summed E-state index contributed by atoms with van der Waals surface area (Å²) in [6.07, 6.45) is 0.319. The molecule has 0 fully saturated rings. The molecule has 1 heterocycles. The zero-order valence-electron chi connectivity index (χ0n) is 15.2. The molecule has 0 atom stereocenters. The van der Waals surface area contributed by atoms with E-state index in [-0.39, 0.29) is 5.91 Å². The lowest BCUT2D eigenvalue weighted by Gasteiger charge is -2.09. The number of rotatable bonds is 5. The van der Waals surface area contributed by atoms with Crippen LogP contribution >= 0.6 is 12.2 Å². The van der Waals surface area contributed by atoms with Crippen molar-refractivity contribution in [3.63, 3.8) is 0 Å². The maximum atomic E-state index is 12.4. The van der Waals surface area contributed by atoms with Crippen molar-refractivity contribution in [2.24, 2.45) is 0 Å². The van der Waals surface area contributed by atoms with Crippen LogP contribution in [0.4, 0.5) is 5.69 Å². The van der Waals surface area contributed by atoms with Crippen LogP contribution in [0.1, 0.15) is 23.1 Å². The highest BCUT2D eigenvalue weighted by atomic mass is 32.1. The summed E-state index contributed by atoms with van der Waals surface area (Å²) in [5.74, 6) is 0.700. The van der Waals surface area contributed by atoms with Crippen LogP contribution in [0.5, 0.6) is 0 Å². The predicted molar refractivity (Wildman–Crippen MR) is 107 cm³/mol. The zero-order valence-corrected chi connectivity index (χ0v) is 16.0. The van der Waals surface area contributed by atoms with Gasteiger partial charge in [-0.05, 0) is 62.3 Å². The van der Waals surface area contributed by atoms with E-state index in [1.54, 1.807) is 0 Å². The lowest BCUT2D eigenvalue weighted by Crippen LogP contribution is -2.15. The normalized spacial score (nSPS) is 10.7. The van der Waals surface area contributed by atoms with Crippen LogP contribution in [-0.2, 0) is 11.3 Å². The molecule has 0 aliphatic heterocycles. The van der Waals surface area contributed by atoms with Crippen LogP contribution in [0.25, 0.3) is 11.4 Å². The number of amides is 1. The van der Waals surface area contributed by atoms with Crippen LogP contribution in [0.15, 0.2) is 42.5 Å². The Bertz CT molecular complexity index is 983. The Morgan fingerprint density at radius 2 is 1.85 bits per heavy atom. The molecule has 0 bridgehead atoms. The van der Waals surface area contributed by atoms with Gasteiger partial charge in [-0.15, -0.1) is 0 Å². The fourth-order valence-electron chi connectivity index (χ4n) is 3.01. The lowest BCUT2D eigenvalue weighted by atomic mass is 10.1. The van der Waals surface area contributed by atoms with E-state index in [2.05, 4.69) is 27.6 Å². The first-order chi connectivity index (χ1) is 12.4. The third kappa shape index (κ3) is 4.26. The third-order valence-corrected chi connectivity index (χ3v) is 4.41. The van der Waals surface area contributed by atoms with E-state index in [4.69, 9.17) is 12.2 Å². The molecule has 3 aromatic rings. The van der Waals surface area contributed by atoms with Gasteiger partial charge in [-0.2, -0.15) is 5.10 Å². The number of aromatic amines is 1. The summed E-state index contributed by atoms with van der Waals surface area (Å²) in [6, 6.07) is 14.1. The monoisotopic (exact) mass is 366 g/mol. The average molecular weight is 366 g/mol. The van der Waals surface area contributed by atoms with E-state index in [0.717, 1.165) is 33.8 Å². The maximum absolute atomic E-state index is 12.4. The number of nitrogens with zero attached hydrogens (tertiary/aromatic N) is 2. The molecule has 0 unspecified atom stereocenters. The van der Waals surface area contributed by atoms with Crippen LogP contribution in [-0.4, -0.2) is 20.7 Å². The van der Waals surface area contributed by atoms with Gasteiger partial charge in [0.25, 0.3) is 0 Å². The predicted octanol–water partition coefficient (Wildman–Crippen LogP) is 4.56. The molecule has 1 aromatic heterocycles. The van der Waals surface area contributed by atoms with Crippen molar-refractivity contribution >= 4 is 23.8 Å². The van der Waals surface area contributed by atoms with Gasteiger partial charge in [-0.3, -0.25) is 14.5 Å². The van der Waals surface area contributed by atoms with E-state index in [1.165, 1.54) is 0 Å². The van der Waals surface area contributed by atoms with E-state index in [9.17, 15) is 4.79 Å². The van der Waals surface area contributed by atoms with Crippen molar-refractivity contribution < 1.29 is 4.79 Å². The van der Waals surface area contributed by atoms with Crippen LogP contribution in [0.3, 0.4) is 0 Å². The van der Waals surface area contributed by atoms with Crippen molar-refractivity contribution in [1.29, 1.82) is 0 Å². The second-order valence-corrected chi connectivity index (χ2v) is 6.93. The first kappa shape index (κ1) is 18.1. The van der Waals surface area contributed by atoms with Crippen LogP contribution in [0.2, 0.25) is 0 Å². The molecule has 0 saturated heterocycles. The highest BCUT2D eigenvalue weighted by Crippen LogP contribution is 2.19. The quantitative estimate of drug-likeness (QED) is 0.651. The van der Waals surface area contributed by atoms with Gasteiger partial charge in [-0.25, -0.2) is 0 Å². The number of carbonyl (C=O) groups excluding carboxylic acids is 1. The number of aryl methyl sites for hydroxylation is 3. The smallest absolute Gasteiger partial charge is 0.226 e. The fourth-order valence-corrected chi connectivity index (χ4v) is 3.24. The second-order valence-electron chi connectivity index (χ2n) is 6.55. The number of carbonyl (C=O) groups is 1. The van der Waals surface area contributed by atoms with Gasteiger partial charge < -0.3 is 5.32 Å². The molecule has 0 aliphatic carbocycles. The molecule has 26 heavy (non-hydrogen) atoms. The van der Waals surface area contributed by atoms with Crippen molar-refractivity contribution in [2.75, 3.05) is 5.32 Å². The summed E-state index contributed by atoms with van der Waals surface area (Å²) >= 11 is 5.33. The zero-order chi connectivity index (χ0) is 18.7. The minimum absolute atomic E-state index is 0.0479. The summed E-state index contributed by atoms with van der Waals surface area (Å²) in [4.78, 5) is 12.4. The summed E-state index contributed by atoms with van der Waals surface area (Å²) < 4.78 is 2.38. The molecule has 134 valence electrons. The molecular weight excluding hydrogens is 344 g/mol. The molecule has 0 radical (unpaired) electrons. The SMILES string of the molecule is Cc1cc(C)cc(NC(=O)CCn2c(-c3cccc(C)c3)n[nH]c2=S)c1. The Labute approximate surface area is 158 Å². The standard InChI is InChI=1S/C20H22N4OS/c1-13-5-4-6-16(10-13)19-22-23-20(26)24(19)8-7-18(25)21-17-11-14(2)9-15(3)12-17/h4-6,9-12H,7-8H2,1-3H3,(H,21,25)(H,23,26). The highest BCUT2D eigenvalue weighted by molar-refractivity contribution is 7.71. The average Bonchev–Trinajstić information content (AvgIpc) is 2.93.